The van der Waals surface area contributed by atoms with Crippen molar-refractivity contribution >= 4 is 11.9 Å². The highest BCUT2D eigenvalue weighted by Crippen LogP contribution is 2.55. The number of likely N-dealkylation sites (N-methyl/N-ethyl adjacent to an activating group) is 1. The van der Waals surface area contributed by atoms with E-state index in [0.717, 1.165) is 27.8 Å². The van der Waals surface area contributed by atoms with E-state index in [0.29, 0.717) is 0 Å². The lowest BCUT2D eigenvalue weighted by atomic mass is 9.76. The number of carboxylic acid groups (broad SMARTS) is 2. The second kappa shape index (κ2) is 7.11. The van der Waals surface area contributed by atoms with Crippen LogP contribution in [0.5, 0.6) is 0 Å². The number of hydrogen-bond acceptors (Lipinski definition) is 3. The van der Waals surface area contributed by atoms with Crippen LogP contribution >= 0.6 is 0 Å². The highest BCUT2D eigenvalue weighted by atomic mass is 16.4. The average molecular weight is 401 g/mol. The Morgan fingerprint density at radius 2 is 1.30 bits per heavy atom. The molecule has 3 aromatic carbocycles. The predicted molar refractivity (Wildman–Crippen MR) is 114 cm³/mol. The summed E-state index contributed by atoms with van der Waals surface area (Å²) in [7, 11) is 1.71. The second-order valence-corrected chi connectivity index (χ2v) is 7.88. The maximum atomic E-state index is 12.4. The van der Waals surface area contributed by atoms with E-state index >= 15 is 0 Å². The molecule has 152 valence electrons. The smallest absolute Gasteiger partial charge is 0.324 e. The van der Waals surface area contributed by atoms with E-state index in [-0.39, 0.29) is 0 Å². The fraction of sp³-hybridized carbons (Fsp3) is 0.200. The number of benzene rings is 3. The Balaban J connectivity index is 2.11. The number of aliphatic carboxylic acids is 2. The Hall–Kier alpha value is -3.44. The number of carboxylic acids is 2. The first kappa shape index (κ1) is 19.9. The molecule has 1 atom stereocenters. The van der Waals surface area contributed by atoms with Crippen molar-refractivity contribution in [2.45, 2.75) is 24.4 Å². The van der Waals surface area contributed by atoms with Gasteiger partial charge in [0.1, 0.15) is 5.54 Å². The zero-order valence-electron chi connectivity index (χ0n) is 16.9. The molecule has 1 aliphatic carbocycles. The number of carbonyl (C=O) groups is 2. The van der Waals surface area contributed by atoms with Crippen LogP contribution in [0.4, 0.5) is 0 Å². The van der Waals surface area contributed by atoms with Gasteiger partial charge in [0.15, 0.2) is 0 Å². The molecule has 0 heterocycles. The summed E-state index contributed by atoms with van der Waals surface area (Å²) in [5, 5.41) is 19.7. The first-order valence-corrected chi connectivity index (χ1v) is 9.77. The molecule has 3 aromatic rings. The van der Waals surface area contributed by atoms with Crippen molar-refractivity contribution in [3.63, 3.8) is 0 Å². The molecule has 0 bridgehead atoms. The quantitative estimate of drug-likeness (QED) is 0.647. The molecule has 0 saturated heterocycles. The fourth-order valence-electron chi connectivity index (χ4n) is 4.76. The summed E-state index contributed by atoms with van der Waals surface area (Å²) in [6.07, 6.45) is -0.530. The summed E-state index contributed by atoms with van der Waals surface area (Å²) in [5.41, 5.74) is 2.22. The minimum Gasteiger partial charge on any atom is -0.481 e. The second-order valence-electron chi connectivity index (χ2n) is 7.88. The van der Waals surface area contributed by atoms with Gasteiger partial charge < -0.3 is 10.2 Å². The minimum atomic E-state index is -1.65. The van der Waals surface area contributed by atoms with Gasteiger partial charge in [-0.05, 0) is 41.8 Å². The van der Waals surface area contributed by atoms with Gasteiger partial charge in [-0.15, -0.1) is 0 Å². The molecule has 0 unspecified atom stereocenters. The summed E-state index contributed by atoms with van der Waals surface area (Å²) in [5.74, 6) is -2.33. The molecule has 2 N–H and O–H groups in total. The van der Waals surface area contributed by atoms with Gasteiger partial charge in [0.25, 0.3) is 0 Å². The van der Waals surface area contributed by atoms with Crippen molar-refractivity contribution < 1.29 is 19.8 Å². The molecule has 4 rings (SSSR count). The van der Waals surface area contributed by atoms with Crippen LogP contribution in [-0.2, 0) is 15.1 Å². The van der Waals surface area contributed by atoms with Gasteiger partial charge in [0, 0.05) is 0 Å². The first-order valence-electron chi connectivity index (χ1n) is 9.77. The van der Waals surface area contributed by atoms with Crippen molar-refractivity contribution in [2.24, 2.45) is 0 Å². The van der Waals surface area contributed by atoms with Gasteiger partial charge in [-0.2, -0.15) is 0 Å². The molecule has 30 heavy (non-hydrogen) atoms. The van der Waals surface area contributed by atoms with Gasteiger partial charge in [0.05, 0.1) is 12.0 Å². The number of nitrogens with zero attached hydrogens (tertiary/aromatic N) is 1. The molecular weight excluding hydrogens is 378 g/mol. The summed E-state index contributed by atoms with van der Waals surface area (Å²) in [6.45, 7) is 1.48. The molecule has 1 aliphatic rings. The standard InChI is InChI=1S/C25H23NO4/c1-24(23(29)30,16-22(27)28)26(2)25(17-10-4-3-5-11-17)20-14-8-6-12-18(20)19-13-7-9-15-21(19)25/h3-15H,16H2,1-2H3,(H,27,28)(H,29,30)/t24-/m0/s1. The van der Waals surface area contributed by atoms with Gasteiger partial charge in [-0.3, -0.25) is 14.5 Å². The van der Waals surface area contributed by atoms with E-state index in [9.17, 15) is 19.8 Å². The predicted octanol–water partition coefficient (Wildman–Crippen LogP) is 4.21. The zero-order valence-corrected chi connectivity index (χ0v) is 16.9. The average Bonchev–Trinajstić information content (AvgIpc) is 3.04. The number of rotatable bonds is 6. The van der Waals surface area contributed by atoms with Crippen LogP contribution < -0.4 is 0 Å². The maximum absolute atomic E-state index is 12.4. The highest BCUT2D eigenvalue weighted by Gasteiger charge is 2.55. The summed E-state index contributed by atoms with van der Waals surface area (Å²) >= 11 is 0. The van der Waals surface area contributed by atoms with Crippen molar-refractivity contribution in [2.75, 3.05) is 7.05 Å². The molecular formula is C25H23NO4. The van der Waals surface area contributed by atoms with Crippen LogP contribution in [0, 0.1) is 0 Å². The number of hydrogen-bond donors (Lipinski definition) is 2. The first-order chi connectivity index (χ1) is 14.3. The minimum absolute atomic E-state index is 0.530. The number of fused-ring (bicyclic) bond motifs is 3. The van der Waals surface area contributed by atoms with E-state index in [2.05, 4.69) is 0 Å². The van der Waals surface area contributed by atoms with E-state index in [1.807, 2.05) is 78.9 Å². The third kappa shape index (κ3) is 2.66. The Morgan fingerprint density at radius 3 is 1.77 bits per heavy atom. The molecule has 0 aliphatic heterocycles. The monoisotopic (exact) mass is 401 g/mol. The zero-order chi connectivity index (χ0) is 21.5. The topological polar surface area (TPSA) is 77.8 Å². The molecule has 0 saturated carbocycles. The van der Waals surface area contributed by atoms with Crippen LogP contribution in [0.1, 0.15) is 30.0 Å². The SMILES string of the molecule is CN(C1(c2ccccc2)c2ccccc2-c2ccccc21)[C@@](C)(CC(=O)O)C(=O)O. The van der Waals surface area contributed by atoms with E-state index in [4.69, 9.17) is 0 Å². The highest BCUT2D eigenvalue weighted by molar-refractivity contribution is 5.87. The van der Waals surface area contributed by atoms with Gasteiger partial charge in [0.2, 0.25) is 0 Å². The Bertz CT molecular complexity index is 1080. The maximum Gasteiger partial charge on any atom is 0.324 e. The van der Waals surface area contributed by atoms with Gasteiger partial charge >= 0.3 is 11.9 Å². The lowest BCUT2D eigenvalue weighted by Gasteiger charge is -2.48. The van der Waals surface area contributed by atoms with Crippen LogP contribution in [0.15, 0.2) is 78.9 Å². The normalized spacial score (nSPS) is 15.8. The van der Waals surface area contributed by atoms with Crippen molar-refractivity contribution in [1.29, 1.82) is 0 Å². The van der Waals surface area contributed by atoms with E-state index in [1.165, 1.54) is 6.92 Å². The third-order valence-corrected chi connectivity index (χ3v) is 6.32. The molecule has 0 amide bonds. The van der Waals surface area contributed by atoms with Gasteiger partial charge in [-0.1, -0.05) is 78.9 Å². The molecule has 5 heteroatoms. The van der Waals surface area contributed by atoms with Crippen LogP contribution in [0.3, 0.4) is 0 Å². The molecule has 0 aromatic heterocycles. The Morgan fingerprint density at radius 1 is 0.833 bits per heavy atom. The fourth-order valence-corrected chi connectivity index (χ4v) is 4.76. The largest absolute Gasteiger partial charge is 0.481 e. The molecule has 5 nitrogen and oxygen atoms in total. The van der Waals surface area contributed by atoms with E-state index in [1.54, 1.807) is 11.9 Å². The lowest BCUT2D eigenvalue weighted by molar-refractivity contribution is -0.159. The van der Waals surface area contributed by atoms with Crippen molar-refractivity contribution in [3.8, 4) is 11.1 Å². The summed E-state index contributed by atoms with van der Waals surface area (Å²) in [4.78, 5) is 25.8. The van der Waals surface area contributed by atoms with Crippen molar-refractivity contribution in [3.05, 3.63) is 95.6 Å². The molecule has 0 fully saturated rings. The molecule has 0 spiro atoms. The van der Waals surface area contributed by atoms with Crippen LogP contribution in [0.2, 0.25) is 0 Å². The Labute approximate surface area is 175 Å². The third-order valence-electron chi connectivity index (χ3n) is 6.32. The molecule has 0 radical (unpaired) electrons. The van der Waals surface area contributed by atoms with Gasteiger partial charge in [-0.25, -0.2) is 0 Å². The van der Waals surface area contributed by atoms with E-state index < -0.39 is 29.4 Å². The summed E-state index contributed by atoms with van der Waals surface area (Å²) in [6, 6.07) is 25.6. The van der Waals surface area contributed by atoms with Crippen LogP contribution in [0.25, 0.3) is 11.1 Å². The Kier molecular flexibility index (Phi) is 4.71. The van der Waals surface area contributed by atoms with Crippen molar-refractivity contribution in [1.82, 2.24) is 4.90 Å². The summed E-state index contributed by atoms with van der Waals surface area (Å²) < 4.78 is 0. The lowest BCUT2D eigenvalue weighted by Crippen LogP contribution is -2.60. The van der Waals surface area contributed by atoms with Crippen LogP contribution in [-0.4, -0.2) is 39.6 Å².